The molecule has 1 aliphatic heterocycles. The minimum absolute atomic E-state index is 0.0468. The van der Waals surface area contributed by atoms with Gasteiger partial charge in [-0.1, -0.05) is 17.7 Å². The number of rotatable bonds is 6. The molecule has 1 saturated heterocycles. The van der Waals surface area contributed by atoms with Crippen molar-refractivity contribution in [2.45, 2.75) is 20.3 Å². The molecule has 0 saturated carbocycles. The number of hydrazone groups is 1. The molecule has 0 aromatic heterocycles. The average Bonchev–Trinajstić information content (AvgIpc) is 3.06. The van der Waals surface area contributed by atoms with Crippen molar-refractivity contribution in [3.05, 3.63) is 59.7 Å². The van der Waals surface area contributed by atoms with Gasteiger partial charge >= 0.3 is 0 Å². The fraction of sp³-hybridized carbons (Fsp3) is 0.286. The van der Waals surface area contributed by atoms with Crippen molar-refractivity contribution in [1.82, 2.24) is 5.43 Å². The molecule has 0 unspecified atom stereocenters. The van der Waals surface area contributed by atoms with Gasteiger partial charge < -0.3 is 9.64 Å². The molecular formula is C21H23N3O3. The third-order valence-corrected chi connectivity index (χ3v) is 4.42. The van der Waals surface area contributed by atoms with Gasteiger partial charge in [-0.2, -0.15) is 5.10 Å². The summed E-state index contributed by atoms with van der Waals surface area (Å²) in [7, 11) is 0. The molecule has 0 aliphatic carbocycles. The molecule has 6 nitrogen and oxygen atoms in total. The molecular weight excluding hydrogens is 342 g/mol. The highest BCUT2D eigenvalue weighted by Gasteiger charge is 2.35. The first-order chi connectivity index (χ1) is 13.1. The molecule has 0 radical (unpaired) electrons. The highest BCUT2D eigenvalue weighted by molar-refractivity contribution is 6.00. The first kappa shape index (κ1) is 18.6. The number of benzene rings is 2. The first-order valence-electron chi connectivity index (χ1n) is 8.99. The SMILES string of the molecule is CCOc1ccc(C=NNC(=O)[C@H]2CC(=O)N(c3ccc(C)cc3)C2)cc1. The van der Waals surface area contributed by atoms with Crippen LogP contribution in [0.15, 0.2) is 53.6 Å². The molecule has 1 N–H and O–H groups in total. The van der Waals surface area contributed by atoms with Crippen LogP contribution < -0.4 is 15.1 Å². The lowest BCUT2D eigenvalue weighted by molar-refractivity contribution is -0.126. The average molecular weight is 365 g/mol. The molecule has 0 spiro atoms. The van der Waals surface area contributed by atoms with Crippen LogP contribution in [-0.2, 0) is 9.59 Å². The summed E-state index contributed by atoms with van der Waals surface area (Å²) in [6.07, 6.45) is 1.76. The lowest BCUT2D eigenvalue weighted by Crippen LogP contribution is -2.30. The number of hydrogen-bond donors (Lipinski definition) is 1. The fourth-order valence-corrected chi connectivity index (χ4v) is 2.94. The topological polar surface area (TPSA) is 71.0 Å². The van der Waals surface area contributed by atoms with Gasteiger partial charge in [-0.25, -0.2) is 5.43 Å². The van der Waals surface area contributed by atoms with E-state index >= 15 is 0 Å². The maximum Gasteiger partial charge on any atom is 0.245 e. The maximum absolute atomic E-state index is 12.3. The standard InChI is InChI=1S/C21H23N3O3/c1-3-27-19-10-6-16(7-11-19)13-22-23-21(26)17-12-20(25)24(14-17)18-8-4-15(2)5-9-18/h4-11,13,17H,3,12,14H2,1-2H3,(H,23,26)/t17-/m0/s1. The van der Waals surface area contributed by atoms with E-state index in [1.807, 2.05) is 62.4 Å². The summed E-state index contributed by atoms with van der Waals surface area (Å²) < 4.78 is 5.38. The largest absolute Gasteiger partial charge is 0.494 e. The normalized spacial score (nSPS) is 16.7. The van der Waals surface area contributed by atoms with Gasteiger partial charge in [0.1, 0.15) is 5.75 Å². The Morgan fingerprint density at radius 2 is 1.93 bits per heavy atom. The Bertz CT molecular complexity index is 829. The van der Waals surface area contributed by atoms with E-state index in [-0.39, 0.29) is 18.2 Å². The summed E-state index contributed by atoms with van der Waals surface area (Å²) in [6, 6.07) is 15.1. The van der Waals surface area contributed by atoms with Crippen molar-refractivity contribution in [2.24, 2.45) is 11.0 Å². The van der Waals surface area contributed by atoms with Crippen molar-refractivity contribution < 1.29 is 14.3 Å². The number of nitrogens with zero attached hydrogens (tertiary/aromatic N) is 2. The number of ether oxygens (including phenoxy) is 1. The van der Waals surface area contributed by atoms with Gasteiger partial charge in [0.2, 0.25) is 11.8 Å². The van der Waals surface area contributed by atoms with Gasteiger partial charge in [0.15, 0.2) is 0 Å². The van der Waals surface area contributed by atoms with Crippen LogP contribution >= 0.6 is 0 Å². The molecule has 0 bridgehead atoms. The van der Waals surface area contributed by atoms with E-state index in [0.717, 1.165) is 22.6 Å². The summed E-state index contributed by atoms with van der Waals surface area (Å²) >= 11 is 0. The Balaban J connectivity index is 1.55. The van der Waals surface area contributed by atoms with E-state index in [2.05, 4.69) is 10.5 Å². The van der Waals surface area contributed by atoms with Crippen molar-refractivity contribution in [3.63, 3.8) is 0 Å². The zero-order chi connectivity index (χ0) is 19.2. The molecule has 1 aliphatic rings. The zero-order valence-corrected chi connectivity index (χ0v) is 15.5. The second kappa shape index (κ2) is 8.49. The summed E-state index contributed by atoms with van der Waals surface area (Å²) in [6.45, 7) is 4.91. The van der Waals surface area contributed by atoms with Gasteiger partial charge in [-0.05, 0) is 55.8 Å². The summed E-state index contributed by atoms with van der Waals surface area (Å²) in [5.41, 5.74) is 5.33. The van der Waals surface area contributed by atoms with Gasteiger partial charge in [0.05, 0.1) is 18.7 Å². The Hall–Kier alpha value is -3.15. The molecule has 140 valence electrons. The van der Waals surface area contributed by atoms with Crippen molar-refractivity contribution in [3.8, 4) is 5.75 Å². The van der Waals surface area contributed by atoms with Gasteiger partial charge in [-0.15, -0.1) is 0 Å². The van der Waals surface area contributed by atoms with Crippen molar-refractivity contribution >= 4 is 23.7 Å². The van der Waals surface area contributed by atoms with Crippen LogP contribution in [0, 0.1) is 12.8 Å². The maximum atomic E-state index is 12.3. The van der Waals surface area contributed by atoms with E-state index in [1.165, 1.54) is 0 Å². The predicted molar refractivity (Wildman–Crippen MR) is 105 cm³/mol. The lowest BCUT2D eigenvalue weighted by Gasteiger charge is -2.16. The highest BCUT2D eigenvalue weighted by Crippen LogP contribution is 2.25. The minimum Gasteiger partial charge on any atom is -0.494 e. The second-order valence-corrected chi connectivity index (χ2v) is 6.48. The van der Waals surface area contributed by atoms with E-state index in [0.29, 0.717) is 13.2 Å². The van der Waals surface area contributed by atoms with Crippen molar-refractivity contribution in [2.75, 3.05) is 18.1 Å². The quantitative estimate of drug-likeness (QED) is 0.632. The molecule has 27 heavy (non-hydrogen) atoms. The Morgan fingerprint density at radius 1 is 1.22 bits per heavy atom. The van der Waals surface area contributed by atoms with E-state index in [9.17, 15) is 9.59 Å². The minimum atomic E-state index is -0.406. The van der Waals surface area contributed by atoms with Crippen LogP contribution in [0.2, 0.25) is 0 Å². The number of anilines is 1. The number of amides is 2. The smallest absolute Gasteiger partial charge is 0.245 e. The third-order valence-electron chi connectivity index (χ3n) is 4.42. The van der Waals surface area contributed by atoms with Gasteiger partial charge in [-0.3, -0.25) is 9.59 Å². The highest BCUT2D eigenvalue weighted by atomic mass is 16.5. The number of carbonyl (C=O) groups is 2. The Labute approximate surface area is 158 Å². The molecule has 6 heteroatoms. The third kappa shape index (κ3) is 4.73. The zero-order valence-electron chi connectivity index (χ0n) is 15.5. The Morgan fingerprint density at radius 3 is 2.59 bits per heavy atom. The van der Waals surface area contributed by atoms with Crippen LogP contribution in [0.3, 0.4) is 0 Å². The molecule has 3 rings (SSSR count). The van der Waals surface area contributed by atoms with Crippen molar-refractivity contribution in [1.29, 1.82) is 0 Å². The molecule has 2 aromatic rings. The number of carbonyl (C=O) groups excluding carboxylic acids is 2. The molecule has 1 fully saturated rings. The van der Waals surface area contributed by atoms with E-state index in [4.69, 9.17) is 4.74 Å². The van der Waals surface area contributed by atoms with Crippen LogP contribution in [0.4, 0.5) is 5.69 Å². The molecule has 1 heterocycles. The molecule has 1 atom stereocenters. The summed E-state index contributed by atoms with van der Waals surface area (Å²) in [4.78, 5) is 26.2. The fourth-order valence-electron chi connectivity index (χ4n) is 2.94. The summed E-state index contributed by atoms with van der Waals surface area (Å²) in [5, 5.41) is 4.00. The molecule has 2 amide bonds. The number of nitrogens with one attached hydrogen (secondary N) is 1. The number of hydrogen-bond acceptors (Lipinski definition) is 4. The first-order valence-corrected chi connectivity index (χ1v) is 8.99. The lowest BCUT2D eigenvalue weighted by atomic mass is 10.1. The van der Waals surface area contributed by atoms with Gasteiger partial charge in [0.25, 0.3) is 0 Å². The molecule has 2 aromatic carbocycles. The van der Waals surface area contributed by atoms with Gasteiger partial charge in [0, 0.05) is 18.7 Å². The second-order valence-electron chi connectivity index (χ2n) is 6.48. The van der Waals surface area contributed by atoms with E-state index < -0.39 is 5.92 Å². The summed E-state index contributed by atoms with van der Waals surface area (Å²) in [5.74, 6) is 0.0882. The van der Waals surface area contributed by atoms with Crippen LogP contribution in [0.1, 0.15) is 24.5 Å². The van der Waals surface area contributed by atoms with E-state index in [1.54, 1.807) is 11.1 Å². The van der Waals surface area contributed by atoms with Crippen LogP contribution in [0.25, 0.3) is 0 Å². The van der Waals surface area contributed by atoms with Crippen LogP contribution in [0.5, 0.6) is 5.75 Å². The Kier molecular flexibility index (Phi) is 5.86. The van der Waals surface area contributed by atoms with Crippen LogP contribution in [-0.4, -0.2) is 31.2 Å². The predicted octanol–water partition coefficient (Wildman–Crippen LogP) is 2.90. The number of aryl methyl sites for hydroxylation is 1. The monoisotopic (exact) mass is 365 g/mol.